The van der Waals surface area contributed by atoms with Crippen molar-refractivity contribution < 1.29 is 16.8 Å². The quantitative estimate of drug-likeness (QED) is 0.300. The number of hydrogen-bond acceptors (Lipinski definition) is 6. The smallest absolute Gasteiger partial charge is 0.357 e. The normalized spacial score (nSPS) is 11.2. The molecule has 7 rings (SSSR count). The van der Waals surface area contributed by atoms with Crippen molar-refractivity contribution in [3.63, 3.8) is 0 Å². The van der Waals surface area contributed by atoms with E-state index in [1.165, 1.54) is 0 Å². The Bertz CT molecular complexity index is 1720. The van der Waals surface area contributed by atoms with Crippen LogP contribution in [-0.4, -0.2) is 29.9 Å². The van der Waals surface area contributed by atoms with E-state index >= 15 is 0 Å². The third-order valence-corrected chi connectivity index (χ3v) is 5.56. The molecule has 0 saturated carbocycles. The van der Waals surface area contributed by atoms with E-state index in [9.17, 15) is 0 Å². The molecule has 0 fully saturated rings. The minimum absolute atomic E-state index is 0. The van der Waals surface area contributed by atoms with Crippen molar-refractivity contribution >= 4 is 66.7 Å². The zero-order chi connectivity index (χ0) is 22.5. The van der Waals surface area contributed by atoms with Crippen LogP contribution in [0.2, 0.25) is 0 Å². The molecule has 2 aromatic carbocycles. The van der Waals surface area contributed by atoms with Crippen LogP contribution in [0.3, 0.4) is 0 Å². The summed E-state index contributed by atoms with van der Waals surface area (Å²) < 4.78 is 0. The van der Waals surface area contributed by atoms with Crippen molar-refractivity contribution in [2.75, 3.05) is 0 Å². The van der Waals surface area contributed by atoms with Crippen LogP contribution in [-0.2, 0) is 16.8 Å². The van der Waals surface area contributed by atoms with E-state index < -0.39 is 0 Å². The molecule has 0 unspecified atom stereocenters. The van der Waals surface area contributed by atoms with Gasteiger partial charge in [0.2, 0.25) is 0 Å². The second-order valence-electron chi connectivity index (χ2n) is 7.76. The van der Waals surface area contributed by atoms with E-state index in [2.05, 4.69) is 9.97 Å². The van der Waals surface area contributed by atoms with Gasteiger partial charge < -0.3 is 29.9 Å². The van der Waals surface area contributed by atoms with Gasteiger partial charge in [-0.05, 0) is 45.8 Å². The first-order chi connectivity index (χ1) is 16.8. The fourth-order valence-corrected chi connectivity index (χ4v) is 4.04. The summed E-state index contributed by atoms with van der Waals surface area (Å²) in [5, 5.41) is 3.57. The fraction of sp³-hybridized carbons (Fsp3) is 0. The SMILES string of the molecule is [Co+2].c1cc2nc(c1)nc1[n-]c(nc3cccc(n3)nc3[n-]c(n2)c2ccccc32)c2ccccc12. The predicted octanol–water partition coefficient (Wildman–Crippen LogP) is 4.57. The molecule has 9 heteroatoms. The Morgan fingerprint density at radius 2 is 0.629 bits per heavy atom. The Hall–Kier alpha value is -4.47. The molecule has 0 spiro atoms. The molecule has 0 saturated heterocycles. The van der Waals surface area contributed by atoms with Gasteiger partial charge in [-0.25, -0.2) is 9.97 Å². The first-order valence-electron chi connectivity index (χ1n) is 10.7. The molecule has 35 heavy (non-hydrogen) atoms. The molecule has 0 atom stereocenters. The fourth-order valence-electron chi connectivity index (χ4n) is 4.04. The summed E-state index contributed by atoms with van der Waals surface area (Å²) in [6.45, 7) is 0. The molecule has 1 radical (unpaired) electrons. The Kier molecular flexibility index (Phi) is 5.05. The molecule has 5 aromatic heterocycles. The molecule has 0 aliphatic carbocycles. The van der Waals surface area contributed by atoms with Crippen LogP contribution in [0, 0.1) is 0 Å². The molecule has 0 N–H and O–H groups in total. The Morgan fingerprint density at radius 3 is 0.914 bits per heavy atom. The van der Waals surface area contributed by atoms with Crippen LogP contribution in [0.25, 0.3) is 66.7 Å². The number of aromatic nitrogens is 8. The zero-order valence-electron chi connectivity index (χ0n) is 18.0. The van der Waals surface area contributed by atoms with Crippen LogP contribution in [0.4, 0.5) is 0 Å². The zero-order valence-corrected chi connectivity index (χ0v) is 19.0. The van der Waals surface area contributed by atoms with Gasteiger partial charge in [0.1, 0.15) is 0 Å². The van der Waals surface area contributed by atoms with Gasteiger partial charge >= 0.3 is 16.8 Å². The van der Waals surface area contributed by atoms with E-state index in [0.717, 1.165) is 21.5 Å². The minimum Gasteiger partial charge on any atom is -0.357 e. The predicted molar refractivity (Wildman–Crippen MR) is 131 cm³/mol. The maximum absolute atomic E-state index is 4.71. The molecule has 7 aromatic rings. The molecule has 5 heterocycles. The molecule has 8 nitrogen and oxygen atoms in total. The van der Waals surface area contributed by atoms with E-state index in [1.807, 2.05) is 84.9 Å². The minimum atomic E-state index is 0. The van der Waals surface area contributed by atoms with E-state index in [1.54, 1.807) is 0 Å². The van der Waals surface area contributed by atoms with Gasteiger partial charge in [0.15, 0.2) is 0 Å². The summed E-state index contributed by atoms with van der Waals surface area (Å²) in [5.74, 6) is 0. The number of hydrogen-bond donors (Lipinski definition) is 0. The van der Waals surface area contributed by atoms with E-state index in [-0.39, 0.29) is 16.8 Å². The summed E-state index contributed by atoms with van der Waals surface area (Å²) in [6.07, 6.45) is 0. The maximum atomic E-state index is 4.71. The van der Waals surface area contributed by atoms with Crippen LogP contribution in [0.5, 0.6) is 0 Å². The first-order valence-corrected chi connectivity index (χ1v) is 10.7. The topological polar surface area (TPSA) is 106 Å². The summed E-state index contributed by atoms with van der Waals surface area (Å²) in [6, 6.07) is 26.8. The number of fused-ring (bicyclic) bond motifs is 14. The number of rotatable bonds is 0. The van der Waals surface area contributed by atoms with Crippen molar-refractivity contribution in [1.29, 1.82) is 0 Å². The first kappa shape index (κ1) is 21.1. The van der Waals surface area contributed by atoms with Gasteiger partial charge in [-0.15, -0.1) is 0 Å². The van der Waals surface area contributed by atoms with Gasteiger partial charge in [0.25, 0.3) is 0 Å². The van der Waals surface area contributed by atoms with Crippen molar-refractivity contribution in [1.82, 2.24) is 39.9 Å². The monoisotopic (exact) mass is 497 g/mol. The van der Waals surface area contributed by atoms with E-state index in [0.29, 0.717) is 45.2 Å². The number of benzene rings is 2. The number of pyridine rings is 2. The Balaban J connectivity index is 0.00000229. The van der Waals surface area contributed by atoms with Gasteiger partial charge in [0, 0.05) is 22.6 Å². The summed E-state index contributed by atoms with van der Waals surface area (Å²) in [7, 11) is 0. The second kappa shape index (κ2) is 8.39. The molecular formula is C26H14CoN8. The van der Waals surface area contributed by atoms with E-state index in [4.69, 9.17) is 29.9 Å². The molecular weight excluding hydrogens is 483 g/mol. The van der Waals surface area contributed by atoms with Crippen LogP contribution < -0.4 is 9.97 Å². The van der Waals surface area contributed by atoms with Crippen LogP contribution in [0.1, 0.15) is 0 Å². The molecule has 8 bridgehead atoms. The maximum Gasteiger partial charge on any atom is 2.00 e. The van der Waals surface area contributed by atoms with Crippen LogP contribution in [0.15, 0.2) is 84.9 Å². The summed E-state index contributed by atoms with van der Waals surface area (Å²) in [5.41, 5.74) is 4.20. The van der Waals surface area contributed by atoms with Gasteiger partial charge in [0.05, 0.1) is 22.6 Å². The van der Waals surface area contributed by atoms with Gasteiger partial charge in [-0.3, -0.25) is 0 Å². The molecule has 0 amide bonds. The van der Waals surface area contributed by atoms with Crippen molar-refractivity contribution in [2.45, 2.75) is 0 Å². The summed E-state index contributed by atoms with van der Waals surface area (Å²) in [4.78, 5) is 37.5. The summed E-state index contributed by atoms with van der Waals surface area (Å²) >= 11 is 0. The standard InChI is InChI=1S/C26H14N8.Co/c1-2-8-16-15(7-1)23-29-19-11-5-13-21(27-19)31-25-17-9-3-4-10-18(17)26(34-25)32-22-14-6-12-20(28-22)30-24(16)33-23;/h1-14H;/q-2;+2. The Morgan fingerprint density at radius 1 is 0.343 bits per heavy atom. The van der Waals surface area contributed by atoms with Crippen LogP contribution >= 0.6 is 0 Å². The molecule has 167 valence electrons. The largest absolute Gasteiger partial charge is 2.00 e. The van der Waals surface area contributed by atoms with Gasteiger partial charge in [-0.1, -0.05) is 60.7 Å². The van der Waals surface area contributed by atoms with Crippen molar-refractivity contribution in [2.24, 2.45) is 0 Å². The Labute approximate surface area is 208 Å². The molecule has 0 aliphatic rings. The third kappa shape index (κ3) is 3.72. The van der Waals surface area contributed by atoms with Crippen molar-refractivity contribution in [3.05, 3.63) is 84.9 Å². The third-order valence-electron chi connectivity index (χ3n) is 5.56. The number of nitrogens with zero attached hydrogens (tertiary/aromatic N) is 8. The van der Waals surface area contributed by atoms with Gasteiger partial charge in [-0.2, -0.15) is 0 Å². The molecule has 0 aliphatic heterocycles. The van der Waals surface area contributed by atoms with Crippen molar-refractivity contribution in [3.8, 4) is 0 Å². The average Bonchev–Trinajstić information content (AvgIpc) is 3.37. The second-order valence-corrected chi connectivity index (χ2v) is 7.76. The average molecular weight is 497 g/mol.